The van der Waals surface area contributed by atoms with Crippen LogP contribution in [-0.2, 0) is 15.0 Å². The first kappa shape index (κ1) is 23.1. The first-order valence-electron chi connectivity index (χ1n) is 10.9. The second kappa shape index (κ2) is 9.40. The normalized spacial score (nSPS) is 16.1. The zero-order valence-electron chi connectivity index (χ0n) is 19.0. The number of rotatable bonds is 5. The van der Waals surface area contributed by atoms with Crippen molar-refractivity contribution in [1.29, 1.82) is 0 Å². The van der Waals surface area contributed by atoms with Crippen molar-refractivity contribution in [3.8, 4) is 11.5 Å². The Hall–Kier alpha value is -3.12. The molecule has 170 valence electrons. The van der Waals surface area contributed by atoms with E-state index in [-0.39, 0.29) is 23.7 Å². The van der Waals surface area contributed by atoms with Crippen LogP contribution in [0.5, 0.6) is 11.5 Å². The average molecular weight is 507 g/mol. The van der Waals surface area contributed by atoms with E-state index < -0.39 is 5.92 Å². The van der Waals surface area contributed by atoms with Gasteiger partial charge in [-0.1, -0.05) is 48.8 Å². The van der Waals surface area contributed by atoms with Gasteiger partial charge in [0.25, 0.3) is 0 Å². The van der Waals surface area contributed by atoms with Gasteiger partial charge in [-0.2, -0.15) is 0 Å². The Morgan fingerprint density at radius 1 is 0.939 bits per heavy atom. The Balaban J connectivity index is 1.34. The van der Waals surface area contributed by atoms with Gasteiger partial charge in [-0.3, -0.25) is 9.59 Å². The molecule has 6 heteroatoms. The lowest BCUT2D eigenvalue weighted by Gasteiger charge is -2.19. The molecule has 0 radical (unpaired) electrons. The Bertz CT molecular complexity index is 1130. The third-order valence-corrected chi connectivity index (χ3v) is 6.24. The van der Waals surface area contributed by atoms with Crippen LogP contribution in [0.1, 0.15) is 32.8 Å². The smallest absolute Gasteiger partial charge is 0.229 e. The fourth-order valence-electron chi connectivity index (χ4n) is 3.76. The van der Waals surface area contributed by atoms with E-state index in [2.05, 4.69) is 54.2 Å². The molecular weight excluding hydrogens is 480 g/mol. The van der Waals surface area contributed by atoms with Crippen molar-refractivity contribution < 1.29 is 14.3 Å². The molecule has 1 saturated heterocycles. The Morgan fingerprint density at radius 3 is 2.09 bits per heavy atom. The summed E-state index contributed by atoms with van der Waals surface area (Å²) in [6.45, 7) is 6.90. The highest BCUT2D eigenvalue weighted by Crippen LogP contribution is 2.29. The molecular formula is C27H27BrN2O3. The predicted molar refractivity (Wildman–Crippen MR) is 135 cm³/mol. The fraction of sp³-hybridized carbons (Fsp3) is 0.259. The lowest BCUT2D eigenvalue weighted by molar-refractivity contribution is -0.122. The molecule has 0 saturated carbocycles. The molecule has 0 aromatic heterocycles. The summed E-state index contributed by atoms with van der Waals surface area (Å²) >= 11 is 3.40. The monoisotopic (exact) mass is 506 g/mol. The van der Waals surface area contributed by atoms with Crippen LogP contribution in [0.4, 0.5) is 11.4 Å². The van der Waals surface area contributed by atoms with Gasteiger partial charge in [-0.05, 0) is 71.6 Å². The average Bonchev–Trinajstić information content (AvgIpc) is 3.17. The second-order valence-electron chi connectivity index (χ2n) is 9.27. The first-order chi connectivity index (χ1) is 15.7. The molecule has 5 nitrogen and oxygen atoms in total. The maximum atomic E-state index is 12.8. The Labute approximate surface area is 202 Å². The standard InChI is InChI=1S/C27H27BrN2O3/c1-27(2,3)19-4-12-23(13-5-19)33-24-14-8-21(9-15-24)29-26(32)18-16-25(31)30(17-18)22-10-6-20(28)7-11-22/h4-15,18H,16-17H2,1-3H3,(H,29,32)/t18-/m1/s1. The van der Waals surface area contributed by atoms with Crippen LogP contribution in [0.15, 0.2) is 77.3 Å². The van der Waals surface area contributed by atoms with Crippen molar-refractivity contribution in [1.82, 2.24) is 0 Å². The summed E-state index contributed by atoms with van der Waals surface area (Å²) in [5.41, 5.74) is 2.81. The minimum atomic E-state index is -0.390. The summed E-state index contributed by atoms with van der Waals surface area (Å²) in [6, 6.07) is 22.8. The molecule has 1 fully saturated rings. The van der Waals surface area contributed by atoms with Crippen molar-refractivity contribution in [2.24, 2.45) is 5.92 Å². The summed E-state index contributed by atoms with van der Waals surface area (Å²) in [5, 5.41) is 2.92. The van der Waals surface area contributed by atoms with Crippen molar-refractivity contribution in [2.45, 2.75) is 32.6 Å². The molecule has 1 aliphatic rings. The van der Waals surface area contributed by atoms with E-state index >= 15 is 0 Å². The van der Waals surface area contributed by atoms with Gasteiger partial charge in [-0.15, -0.1) is 0 Å². The summed E-state index contributed by atoms with van der Waals surface area (Å²) < 4.78 is 6.87. The second-order valence-corrected chi connectivity index (χ2v) is 10.2. The molecule has 1 heterocycles. The summed E-state index contributed by atoms with van der Waals surface area (Å²) in [7, 11) is 0. The van der Waals surface area contributed by atoms with Crippen LogP contribution in [0.25, 0.3) is 0 Å². The Kier molecular flexibility index (Phi) is 6.56. The minimum absolute atomic E-state index is 0.0429. The number of carbonyl (C=O) groups excluding carboxylic acids is 2. The molecule has 1 N–H and O–H groups in total. The maximum absolute atomic E-state index is 12.8. The quantitative estimate of drug-likeness (QED) is 0.427. The number of halogens is 1. The fourth-order valence-corrected chi connectivity index (χ4v) is 4.03. The first-order valence-corrected chi connectivity index (χ1v) is 11.7. The Morgan fingerprint density at radius 2 is 1.52 bits per heavy atom. The van der Waals surface area contributed by atoms with E-state index in [0.29, 0.717) is 18.0 Å². The van der Waals surface area contributed by atoms with Crippen molar-refractivity contribution >= 4 is 39.1 Å². The van der Waals surface area contributed by atoms with Crippen LogP contribution in [0.2, 0.25) is 0 Å². The van der Waals surface area contributed by atoms with Gasteiger partial charge in [0.2, 0.25) is 11.8 Å². The van der Waals surface area contributed by atoms with E-state index in [1.807, 2.05) is 48.5 Å². The van der Waals surface area contributed by atoms with E-state index in [1.54, 1.807) is 17.0 Å². The lowest BCUT2D eigenvalue weighted by atomic mass is 9.87. The number of hydrogen-bond donors (Lipinski definition) is 1. The summed E-state index contributed by atoms with van der Waals surface area (Å²) in [4.78, 5) is 26.9. The summed E-state index contributed by atoms with van der Waals surface area (Å²) in [5.74, 6) is 0.859. The predicted octanol–water partition coefficient (Wildman–Crippen LogP) is 6.53. The van der Waals surface area contributed by atoms with Crippen molar-refractivity contribution in [3.63, 3.8) is 0 Å². The van der Waals surface area contributed by atoms with Crippen LogP contribution in [0, 0.1) is 5.92 Å². The number of amides is 2. The number of hydrogen-bond acceptors (Lipinski definition) is 3. The zero-order chi connectivity index (χ0) is 23.6. The van der Waals surface area contributed by atoms with Crippen LogP contribution < -0.4 is 15.0 Å². The molecule has 0 aliphatic carbocycles. The van der Waals surface area contributed by atoms with Gasteiger partial charge in [-0.25, -0.2) is 0 Å². The van der Waals surface area contributed by atoms with Crippen molar-refractivity contribution in [2.75, 3.05) is 16.8 Å². The number of carbonyl (C=O) groups is 2. The van der Waals surface area contributed by atoms with E-state index in [9.17, 15) is 9.59 Å². The molecule has 0 bridgehead atoms. The molecule has 4 rings (SSSR count). The van der Waals surface area contributed by atoms with E-state index in [0.717, 1.165) is 15.9 Å². The molecule has 0 unspecified atom stereocenters. The van der Waals surface area contributed by atoms with Gasteiger partial charge in [0.05, 0.1) is 5.92 Å². The van der Waals surface area contributed by atoms with Gasteiger partial charge in [0, 0.05) is 28.8 Å². The highest BCUT2D eigenvalue weighted by molar-refractivity contribution is 9.10. The molecule has 3 aromatic carbocycles. The minimum Gasteiger partial charge on any atom is -0.457 e. The third kappa shape index (κ3) is 5.63. The van der Waals surface area contributed by atoms with Gasteiger partial charge < -0.3 is 15.0 Å². The number of anilines is 2. The third-order valence-electron chi connectivity index (χ3n) is 5.71. The highest BCUT2D eigenvalue weighted by Gasteiger charge is 2.35. The lowest BCUT2D eigenvalue weighted by Crippen LogP contribution is -2.28. The summed E-state index contributed by atoms with van der Waals surface area (Å²) in [6.07, 6.45) is 0.202. The molecule has 1 atom stereocenters. The highest BCUT2D eigenvalue weighted by atomic mass is 79.9. The van der Waals surface area contributed by atoms with Crippen LogP contribution >= 0.6 is 15.9 Å². The SMILES string of the molecule is CC(C)(C)c1ccc(Oc2ccc(NC(=O)[C@@H]3CC(=O)N(c4ccc(Br)cc4)C3)cc2)cc1. The van der Waals surface area contributed by atoms with Gasteiger partial charge in [0.1, 0.15) is 11.5 Å². The van der Waals surface area contributed by atoms with Gasteiger partial charge in [0.15, 0.2) is 0 Å². The number of benzene rings is 3. The molecule has 1 aliphatic heterocycles. The van der Waals surface area contributed by atoms with E-state index in [4.69, 9.17) is 4.74 Å². The number of nitrogens with one attached hydrogen (secondary N) is 1. The maximum Gasteiger partial charge on any atom is 0.229 e. The molecule has 33 heavy (non-hydrogen) atoms. The molecule has 0 spiro atoms. The topological polar surface area (TPSA) is 58.6 Å². The van der Waals surface area contributed by atoms with Gasteiger partial charge >= 0.3 is 0 Å². The van der Waals surface area contributed by atoms with E-state index in [1.165, 1.54) is 5.56 Å². The van der Waals surface area contributed by atoms with Crippen LogP contribution in [-0.4, -0.2) is 18.4 Å². The number of ether oxygens (including phenoxy) is 1. The number of nitrogens with zero attached hydrogens (tertiary/aromatic N) is 1. The van der Waals surface area contributed by atoms with Crippen molar-refractivity contribution in [3.05, 3.63) is 82.8 Å². The molecule has 2 amide bonds. The largest absolute Gasteiger partial charge is 0.457 e. The molecule has 3 aromatic rings. The zero-order valence-corrected chi connectivity index (χ0v) is 20.6. The van der Waals surface area contributed by atoms with Crippen LogP contribution in [0.3, 0.4) is 0 Å².